The molecule has 3 heteroatoms. The lowest BCUT2D eigenvalue weighted by Crippen LogP contribution is -2.31. The summed E-state index contributed by atoms with van der Waals surface area (Å²) in [6.07, 6.45) is 0.667. The molecule has 2 nitrogen and oxygen atoms in total. The fraction of sp³-hybridized carbons (Fsp3) is 0.533. The van der Waals surface area contributed by atoms with Crippen LogP contribution in [-0.4, -0.2) is 18.7 Å². The van der Waals surface area contributed by atoms with Crippen LogP contribution >= 0.6 is 0 Å². The third kappa shape index (κ3) is 2.89. The first kappa shape index (κ1) is 13.1. The van der Waals surface area contributed by atoms with E-state index in [2.05, 4.69) is 0 Å². The predicted octanol–water partition coefficient (Wildman–Crippen LogP) is 3.47. The van der Waals surface area contributed by atoms with Gasteiger partial charge in [0.25, 0.3) is 0 Å². The highest BCUT2D eigenvalue weighted by molar-refractivity contribution is 5.74. The Morgan fingerprint density at radius 2 is 2.06 bits per heavy atom. The van der Waals surface area contributed by atoms with Gasteiger partial charge in [-0.2, -0.15) is 0 Å². The summed E-state index contributed by atoms with van der Waals surface area (Å²) in [5, 5.41) is 0. The molecule has 0 saturated heterocycles. The molecule has 0 radical (unpaired) electrons. The van der Waals surface area contributed by atoms with E-state index in [1.54, 1.807) is 6.92 Å². The molecule has 98 valence electrons. The van der Waals surface area contributed by atoms with Gasteiger partial charge in [-0.3, -0.25) is 4.79 Å². The number of esters is 1. The van der Waals surface area contributed by atoms with Crippen LogP contribution in [0.15, 0.2) is 30.3 Å². The summed E-state index contributed by atoms with van der Waals surface area (Å²) in [6.45, 7) is 2.19. The van der Waals surface area contributed by atoms with Crippen LogP contribution in [0.4, 0.5) is 4.39 Å². The summed E-state index contributed by atoms with van der Waals surface area (Å²) in [4.78, 5) is 11.9. The number of alkyl halides is 1. The van der Waals surface area contributed by atoms with Crippen LogP contribution in [0.2, 0.25) is 0 Å². The van der Waals surface area contributed by atoms with Crippen molar-refractivity contribution >= 4 is 5.97 Å². The van der Waals surface area contributed by atoms with Crippen molar-refractivity contribution < 1.29 is 13.9 Å². The van der Waals surface area contributed by atoms with E-state index in [0.29, 0.717) is 25.9 Å². The first-order chi connectivity index (χ1) is 8.72. The zero-order chi connectivity index (χ0) is 13.0. The number of carbonyl (C=O) groups is 1. The van der Waals surface area contributed by atoms with Crippen molar-refractivity contribution in [2.24, 2.45) is 5.92 Å². The molecule has 1 aromatic rings. The Hall–Kier alpha value is -1.38. The Bertz CT molecular complexity index is 391. The molecule has 2 rings (SSSR count). The maximum Gasteiger partial charge on any atom is 0.309 e. The van der Waals surface area contributed by atoms with Crippen molar-refractivity contribution in [3.63, 3.8) is 0 Å². The van der Waals surface area contributed by atoms with Crippen molar-refractivity contribution in [3.8, 4) is 0 Å². The van der Waals surface area contributed by atoms with Gasteiger partial charge in [-0.05, 0) is 37.7 Å². The minimum atomic E-state index is -0.805. The van der Waals surface area contributed by atoms with Gasteiger partial charge in [0.1, 0.15) is 6.17 Å². The fourth-order valence-corrected chi connectivity index (χ4v) is 2.72. The van der Waals surface area contributed by atoms with Gasteiger partial charge in [-0.25, -0.2) is 4.39 Å². The average Bonchev–Trinajstić information content (AvgIpc) is 2.40. The second-order valence-electron chi connectivity index (χ2n) is 4.79. The lowest BCUT2D eigenvalue weighted by molar-refractivity contribution is -0.150. The molecule has 1 fully saturated rings. The topological polar surface area (TPSA) is 26.3 Å². The normalized spacial score (nSPS) is 27.8. The Balaban J connectivity index is 2.19. The molecule has 1 aliphatic rings. The number of hydrogen-bond acceptors (Lipinski definition) is 2. The summed E-state index contributed by atoms with van der Waals surface area (Å²) in [6, 6.07) is 9.72. The Labute approximate surface area is 107 Å². The second kappa shape index (κ2) is 5.98. The average molecular weight is 250 g/mol. The van der Waals surface area contributed by atoms with Crippen molar-refractivity contribution in [1.82, 2.24) is 0 Å². The second-order valence-corrected chi connectivity index (χ2v) is 4.79. The molecule has 0 heterocycles. The summed E-state index contributed by atoms with van der Waals surface area (Å²) < 4.78 is 18.7. The van der Waals surface area contributed by atoms with Crippen LogP contribution in [0, 0.1) is 5.92 Å². The lowest BCUT2D eigenvalue weighted by Gasteiger charge is -2.32. The molecular formula is C15H19FO2. The highest BCUT2D eigenvalue weighted by Crippen LogP contribution is 2.39. The molecule has 0 unspecified atom stereocenters. The third-order valence-corrected chi connectivity index (χ3v) is 3.60. The molecule has 0 spiro atoms. The maximum absolute atomic E-state index is 13.6. The van der Waals surface area contributed by atoms with E-state index in [1.165, 1.54) is 0 Å². The first-order valence-electron chi connectivity index (χ1n) is 6.58. The third-order valence-electron chi connectivity index (χ3n) is 3.60. The number of ether oxygens (including phenoxy) is 1. The van der Waals surface area contributed by atoms with Gasteiger partial charge >= 0.3 is 5.97 Å². The number of halogens is 1. The fourth-order valence-electron chi connectivity index (χ4n) is 2.72. The number of benzene rings is 1. The van der Waals surface area contributed by atoms with Crippen molar-refractivity contribution in [2.75, 3.05) is 6.61 Å². The maximum atomic E-state index is 13.6. The molecule has 3 atom stereocenters. The van der Waals surface area contributed by atoms with Crippen molar-refractivity contribution in [3.05, 3.63) is 35.9 Å². The predicted molar refractivity (Wildman–Crippen MR) is 68.1 cm³/mol. The van der Waals surface area contributed by atoms with Gasteiger partial charge in [0.05, 0.1) is 12.5 Å². The zero-order valence-electron chi connectivity index (χ0n) is 10.6. The Morgan fingerprint density at radius 1 is 1.33 bits per heavy atom. The molecule has 1 aromatic carbocycles. The Kier molecular flexibility index (Phi) is 4.34. The van der Waals surface area contributed by atoms with Gasteiger partial charge in [-0.15, -0.1) is 0 Å². The van der Waals surface area contributed by atoms with Crippen molar-refractivity contribution in [1.29, 1.82) is 0 Å². The lowest BCUT2D eigenvalue weighted by atomic mass is 9.75. The van der Waals surface area contributed by atoms with Gasteiger partial charge in [0.2, 0.25) is 0 Å². The van der Waals surface area contributed by atoms with Crippen LogP contribution < -0.4 is 0 Å². The largest absolute Gasteiger partial charge is 0.466 e. The van der Waals surface area contributed by atoms with Gasteiger partial charge < -0.3 is 4.74 Å². The minimum absolute atomic E-state index is 0.0472. The molecule has 1 saturated carbocycles. The van der Waals surface area contributed by atoms with Crippen LogP contribution in [0.1, 0.15) is 37.7 Å². The summed E-state index contributed by atoms with van der Waals surface area (Å²) >= 11 is 0. The van der Waals surface area contributed by atoms with Crippen LogP contribution in [-0.2, 0) is 9.53 Å². The zero-order valence-corrected chi connectivity index (χ0v) is 10.6. The van der Waals surface area contributed by atoms with Crippen molar-refractivity contribution in [2.45, 2.75) is 38.3 Å². The van der Waals surface area contributed by atoms with Gasteiger partial charge in [-0.1, -0.05) is 30.3 Å². The minimum Gasteiger partial charge on any atom is -0.466 e. The summed E-state index contributed by atoms with van der Waals surface area (Å²) in [5.41, 5.74) is 1.04. The molecular weight excluding hydrogens is 231 g/mol. The molecule has 18 heavy (non-hydrogen) atoms. The Morgan fingerprint density at radius 3 is 2.72 bits per heavy atom. The van der Waals surface area contributed by atoms with E-state index >= 15 is 0 Å². The number of rotatable bonds is 3. The first-order valence-corrected chi connectivity index (χ1v) is 6.58. The highest BCUT2D eigenvalue weighted by Gasteiger charge is 2.36. The van der Waals surface area contributed by atoms with E-state index in [-0.39, 0.29) is 17.8 Å². The smallest absolute Gasteiger partial charge is 0.309 e. The summed E-state index contributed by atoms with van der Waals surface area (Å²) in [5.74, 6) is -0.424. The molecule has 1 aliphatic carbocycles. The van der Waals surface area contributed by atoms with E-state index in [1.807, 2.05) is 30.3 Å². The SMILES string of the molecule is CCOC(=O)[C@@H]1CC[C@@H](F)C[C@H]1c1ccccc1. The standard InChI is InChI=1S/C15H19FO2/c1-2-18-15(17)13-9-8-12(16)10-14(13)11-6-4-3-5-7-11/h3-7,12-14H,2,8-10H2,1H3/t12-,13-,14+/m1/s1. The molecule has 0 bridgehead atoms. The highest BCUT2D eigenvalue weighted by atomic mass is 19.1. The molecule has 0 N–H and O–H groups in total. The van der Waals surface area contributed by atoms with E-state index in [9.17, 15) is 9.18 Å². The monoisotopic (exact) mass is 250 g/mol. The van der Waals surface area contributed by atoms with Crippen LogP contribution in [0.5, 0.6) is 0 Å². The van der Waals surface area contributed by atoms with Crippen LogP contribution in [0.3, 0.4) is 0 Å². The molecule has 0 aliphatic heterocycles. The van der Waals surface area contributed by atoms with E-state index < -0.39 is 6.17 Å². The molecule has 0 amide bonds. The van der Waals surface area contributed by atoms with Gasteiger partial charge in [0.15, 0.2) is 0 Å². The number of hydrogen-bond donors (Lipinski definition) is 0. The quantitative estimate of drug-likeness (QED) is 0.768. The molecule has 0 aromatic heterocycles. The van der Waals surface area contributed by atoms with E-state index in [4.69, 9.17) is 4.74 Å². The van der Waals surface area contributed by atoms with Gasteiger partial charge in [0, 0.05) is 0 Å². The van der Waals surface area contributed by atoms with Crippen LogP contribution in [0.25, 0.3) is 0 Å². The number of carbonyl (C=O) groups excluding carboxylic acids is 1. The van der Waals surface area contributed by atoms with E-state index in [0.717, 1.165) is 5.56 Å². The summed E-state index contributed by atoms with van der Waals surface area (Å²) in [7, 11) is 0.